The molecule has 7 nitrogen and oxygen atoms in total. The summed E-state index contributed by atoms with van der Waals surface area (Å²) in [7, 11) is 0. The molecule has 0 heterocycles. The lowest BCUT2D eigenvalue weighted by Gasteiger charge is -2.15. The van der Waals surface area contributed by atoms with Crippen molar-refractivity contribution in [1.29, 1.82) is 0 Å². The SMILES string of the molecule is Cc1ccc(Cl)cc1NC(=O)N[C@H](CCC(N)=O)C(=O)O. The molecule has 0 aliphatic rings. The predicted molar refractivity (Wildman–Crippen MR) is 78.2 cm³/mol. The third kappa shape index (κ3) is 5.70. The van der Waals surface area contributed by atoms with E-state index >= 15 is 0 Å². The number of nitrogens with one attached hydrogen (secondary N) is 2. The smallest absolute Gasteiger partial charge is 0.326 e. The Hall–Kier alpha value is -2.28. The number of nitrogens with two attached hydrogens (primary N) is 1. The molecule has 114 valence electrons. The molecule has 0 bridgehead atoms. The quantitative estimate of drug-likeness (QED) is 0.635. The minimum atomic E-state index is -1.24. The molecule has 0 unspecified atom stereocenters. The summed E-state index contributed by atoms with van der Waals surface area (Å²) in [5, 5.41) is 14.2. The number of amides is 3. The van der Waals surface area contributed by atoms with Crippen molar-refractivity contribution in [3.05, 3.63) is 28.8 Å². The van der Waals surface area contributed by atoms with Gasteiger partial charge >= 0.3 is 12.0 Å². The Labute approximate surface area is 126 Å². The first-order chi connectivity index (χ1) is 9.79. The van der Waals surface area contributed by atoms with Gasteiger partial charge in [-0.05, 0) is 31.0 Å². The van der Waals surface area contributed by atoms with Gasteiger partial charge in [-0.1, -0.05) is 17.7 Å². The van der Waals surface area contributed by atoms with E-state index in [1.807, 2.05) is 0 Å². The van der Waals surface area contributed by atoms with Gasteiger partial charge in [0.1, 0.15) is 6.04 Å². The Kier molecular flexibility index (Phi) is 5.98. The van der Waals surface area contributed by atoms with E-state index in [9.17, 15) is 14.4 Å². The fourth-order valence-electron chi connectivity index (χ4n) is 1.59. The van der Waals surface area contributed by atoms with E-state index in [2.05, 4.69) is 10.6 Å². The summed E-state index contributed by atoms with van der Waals surface area (Å²) in [4.78, 5) is 33.5. The minimum absolute atomic E-state index is 0.0768. The number of urea groups is 1. The van der Waals surface area contributed by atoms with E-state index in [4.69, 9.17) is 22.4 Å². The summed E-state index contributed by atoms with van der Waals surface area (Å²) < 4.78 is 0. The number of carboxylic acid groups (broad SMARTS) is 1. The number of halogens is 1. The van der Waals surface area contributed by atoms with Crippen LogP contribution in [0.3, 0.4) is 0 Å². The molecule has 1 atom stereocenters. The third-order valence-corrected chi connectivity index (χ3v) is 2.97. The van der Waals surface area contributed by atoms with Gasteiger partial charge in [0.2, 0.25) is 5.91 Å². The van der Waals surface area contributed by atoms with Crippen LogP contribution in [-0.4, -0.2) is 29.1 Å². The average Bonchev–Trinajstić information content (AvgIpc) is 2.38. The molecule has 5 N–H and O–H groups in total. The molecule has 0 aliphatic heterocycles. The molecule has 1 aromatic rings. The summed E-state index contributed by atoms with van der Waals surface area (Å²) >= 11 is 5.82. The molecule has 0 radical (unpaired) electrons. The topological polar surface area (TPSA) is 122 Å². The molecule has 0 aliphatic carbocycles. The molecule has 0 spiro atoms. The summed E-state index contributed by atoms with van der Waals surface area (Å²) in [6.07, 6.45) is -0.208. The molecule has 0 saturated carbocycles. The van der Waals surface area contributed by atoms with Gasteiger partial charge in [-0.15, -0.1) is 0 Å². The highest BCUT2D eigenvalue weighted by molar-refractivity contribution is 6.31. The van der Waals surface area contributed by atoms with Gasteiger partial charge in [0, 0.05) is 17.1 Å². The molecule has 1 aromatic carbocycles. The van der Waals surface area contributed by atoms with Crippen molar-refractivity contribution in [1.82, 2.24) is 5.32 Å². The van der Waals surface area contributed by atoms with Crippen LogP contribution in [-0.2, 0) is 9.59 Å². The number of carbonyl (C=O) groups is 3. The molecular formula is C13H16ClN3O4. The fourth-order valence-corrected chi connectivity index (χ4v) is 1.76. The Morgan fingerprint density at radius 3 is 2.62 bits per heavy atom. The minimum Gasteiger partial charge on any atom is -0.480 e. The van der Waals surface area contributed by atoms with E-state index in [1.165, 1.54) is 0 Å². The van der Waals surface area contributed by atoms with Gasteiger partial charge < -0.3 is 21.5 Å². The first-order valence-corrected chi connectivity index (χ1v) is 6.52. The van der Waals surface area contributed by atoms with Crippen LogP contribution in [0, 0.1) is 6.92 Å². The molecule has 0 fully saturated rings. The number of carbonyl (C=O) groups excluding carboxylic acids is 2. The summed E-state index contributed by atoms with van der Waals surface area (Å²) in [6.45, 7) is 1.77. The zero-order valence-electron chi connectivity index (χ0n) is 11.4. The maximum absolute atomic E-state index is 11.8. The van der Waals surface area contributed by atoms with Crippen LogP contribution in [0.15, 0.2) is 18.2 Å². The number of hydrogen-bond donors (Lipinski definition) is 4. The number of carboxylic acids is 1. The Balaban J connectivity index is 2.67. The van der Waals surface area contributed by atoms with E-state index in [1.54, 1.807) is 25.1 Å². The highest BCUT2D eigenvalue weighted by Gasteiger charge is 2.20. The van der Waals surface area contributed by atoms with Gasteiger partial charge in [0.25, 0.3) is 0 Å². The second-order valence-corrected chi connectivity index (χ2v) is 4.89. The first kappa shape index (κ1) is 16.8. The Morgan fingerprint density at radius 2 is 2.05 bits per heavy atom. The van der Waals surface area contributed by atoms with Crippen molar-refractivity contribution in [3.8, 4) is 0 Å². The largest absolute Gasteiger partial charge is 0.480 e. The lowest BCUT2D eigenvalue weighted by molar-refractivity contribution is -0.139. The predicted octanol–water partition coefficient (Wildman–Crippen LogP) is 1.49. The monoisotopic (exact) mass is 313 g/mol. The van der Waals surface area contributed by atoms with Crippen molar-refractivity contribution in [2.45, 2.75) is 25.8 Å². The number of rotatable bonds is 6. The standard InChI is InChI=1S/C13H16ClN3O4/c1-7-2-3-8(14)6-10(7)17-13(21)16-9(12(19)20)4-5-11(15)18/h2-3,6,9H,4-5H2,1H3,(H2,15,18)(H,19,20)(H2,16,17,21)/t9-/m1/s1. The Bertz CT molecular complexity index is 562. The molecule has 21 heavy (non-hydrogen) atoms. The molecule has 0 saturated heterocycles. The van der Waals surface area contributed by atoms with Crippen LogP contribution >= 0.6 is 11.6 Å². The molecule has 0 aromatic heterocycles. The fraction of sp³-hybridized carbons (Fsp3) is 0.308. The van der Waals surface area contributed by atoms with Crippen molar-refractivity contribution in [3.63, 3.8) is 0 Å². The maximum Gasteiger partial charge on any atom is 0.326 e. The van der Waals surface area contributed by atoms with E-state index in [-0.39, 0.29) is 12.8 Å². The van der Waals surface area contributed by atoms with E-state index < -0.39 is 23.9 Å². The van der Waals surface area contributed by atoms with Gasteiger partial charge in [0.05, 0.1) is 0 Å². The number of aliphatic carboxylic acids is 1. The second-order valence-electron chi connectivity index (χ2n) is 4.45. The highest BCUT2D eigenvalue weighted by Crippen LogP contribution is 2.20. The average molecular weight is 314 g/mol. The van der Waals surface area contributed by atoms with Gasteiger partial charge in [-0.25, -0.2) is 9.59 Å². The second kappa shape index (κ2) is 7.49. The summed E-state index contributed by atoms with van der Waals surface area (Å²) in [5.41, 5.74) is 6.20. The Morgan fingerprint density at radius 1 is 1.38 bits per heavy atom. The summed E-state index contributed by atoms with van der Waals surface area (Å²) in [5.74, 6) is -1.87. The van der Waals surface area contributed by atoms with Crippen molar-refractivity contribution in [2.24, 2.45) is 5.73 Å². The molecule has 3 amide bonds. The highest BCUT2D eigenvalue weighted by atomic mass is 35.5. The number of primary amides is 1. The maximum atomic E-state index is 11.8. The number of aryl methyl sites for hydroxylation is 1. The van der Waals surface area contributed by atoms with Gasteiger partial charge in [-0.2, -0.15) is 0 Å². The number of anilines is 1. The van der Waals surface area contributed by atoms with Crippen molar-refractivity contribution >= 4 is 35.2 Å². The lowest BCUT2D eigenvalue weighted by Crippen LogP contribution is -2.43. The van der Waals surface area contributed by atoms with Crippen LogP contribution in [0.1, 0.15) is 18.4 Å². The number of hydrogen-bond acceptors (Lipinski definition) is 3. The zero-order chi connectivity index (χ0) is 16.0. The zero-order valence-corrected chi connectivity index (χ0v) is 12.1. The van der Waals surface area contributed by atoms with E-state index in [0.717, 1.165) is 5.56 Å². The lowest BCUT2D eigenvalue weighted by atomic mass is 10.1. The van der Waals surface area contributed by atoms with Gasteiger partial charge in [-0.3, -0.25) is 4.79 Å². The molecule has 1 rings (SSSR count). The van der Waals surface area contributed by atoms with Crippen LogP contribution in [0.5, 0.6) is 0 Å². The summed E-state index contributed by atoms with van der Waals surface area (Å²) in [6, 6.07) is 3.05. The van der Waals surface area contributed by atoms with Gasteiger partial charge in [0.15, 0.2) is 0 Å². The molecular weight excluding hydrogens is 298 g/mol. The first-order valence-electron chi connectivity index (χ1n) is 6.14. The molecule has 8 heteroatoms. The van der Waals surface area contributed by atoms with Crippen LogP contribution in [0.4, 0.5) is 10.5 Å². The normalized spacial score (nSPS) is 11.5. The van der Waals surface area contributed by atoms with Crippen molar-refractivity contribution in [2.75, 3.05) is 5.32 Å². The van der Waals surface area contributed by atoms with E-state index in [0.29, 0.717) is 10.7 Å². The van der Waals surface area contributed by atoms with Crippen molar-refractivity contribution < 1.29 is 19.5 Å². The van der Waals surface area contributed by atoms with Crippen LogP contribution in [0.2, 0.25) is 5.02 Å². The van der Waals surface area contributed by atoms with Crippen LogP contribution < -0.4 is 16.4 Å². The number of benzene rings is 1. The van der Waals surface area contributed by atoms with Crippen LogP contribution in [0.25, 0.3) is 0 Å². The third-order valence-electron chi connectivity index (χ3n) is 2.73.